The van der Waals surface area contributed by atoms with Gasteiger partial charge in [0, 0.05) is 27.7 Å². The second kappa shape index (κ2) is 7.91. The van der Waals surface area contributed by atoms with Crippen molar-refractivity contribution in [2.45, 2.75) is 26.3 Å². The molecular weight excluding hydrogens is 433 g/mol. The molecule has 164 valence electrons. The van der Waals surface area contributed by atoms with Gasteiger partial charge >= 0.3 is 6.03 Å². The summed E-state index contributed by atoms with van der Waals surface area (Å²) >= 11 is 5.93. The lowest BCUT2D eigenvalue weighted by atomic mass is 9.92. The van der Waals surface area contributed by atoms with Crippen LogP contribution in [-0.4, -0.2) is 33.7 Å². The molecule has 32 heavy (non-hydrogen) atoms. The second-order valence-corrected chi connectivity index (χ2v) is 8.41. The minimum atomic E-state index is -1.28. The molecule has 2 aromatic carbocycles. The number of aryl methyl sites for hydroxylation is 1. The van der Waals surface area contributed by atoms with Crippen LogP contribution in [0.1, 0.15) is 34.2 Å². The summed E-state index contributed by atoms with van der Waals surface area (Å²) in [6.45, 7) is 4.81. The van der Waals surface area contributed by atoms with Gasteiger partial charge in [-0.2, -0.15) is 0 Å². The summed E-state index contributed by atoms with van der Waals surface area (Å²) in [4.78, 5) is 39.7. The number of ketones is 1. The highest BCUT2D eigenvalue weighted by Gasteiger charge is 2.49. The van der Waals surface area contributed by atoms with E-state index in [2.05, 4.69) is 5.32 Å². The molecule has 4 rings (SSSR count). The summed E-state index contributed by atoms with van der Waals surface area (Å²) in [6.07, 6.45) is 0. The number of aromatic nitrogens is 1. The van der Waals surface area contributed by atoms with E-state index in [9.17, 15) is 18.8 Å². The van der Waals surface area contributed by atoms with Crippen LogP contribution in [0.5, 0.6) is 0 Å². The number of carbonyl (C=O) groups excluding carboxylic acids is 3. The van der Waals surface area contributed by atoms with Gasteiger partial charge in [-0.05, 0) is 68.8 Å². The Balaban J connectivity index is 1.60. The molecule has 1 aliphatic rings. The zero-order chi connectivity index (χ0) is 23.2. The Bertz CT molecular complexity index is 1230. The van der Waals surface area contributed by atoms with Gasteiger partial charge in [0.25, 0.3) is 5.91 Å². The molecule has 3 amide bonds. The molecule has 1 aromatic heterocycles. The first-order valence-electron chi connectivity index (χ1n) is 10.00. The average molecular weight is 454 g/mol. The Kier molecular flexibility index (Phi) is 5.38. The molecule has 8 heteroatoms. The number of urea groups is 1. The predicted octanol–water partition coefficient (Wildman–Crippen LogP) is 4.54. The smallest absolute Gasteiger partial charge is 0.319 e. The minimum Gasteiger partial charge on any atom is -0.319 e. The molecule has 0 spiro atoms. The highest BCUT2D eigenvalue weighted by molar-refractivity contribution is 6.30. The summed E-state index contributed by atoms with van der Waals surface area (Å²) in [7, 11) is 0. The monoisotopic (exact) mass is 453 g/mol. The SMILES string of the molecule is Cc1cc(C(=O)CN2C(=O)NC(C)(c3ccc(Cl)cc3)C2=O)c(C)n1-c1ccc(F)cc1. The van der Waals surface area contributed by atoms with E-state index < -0.39 is 17.5 Å². The number of halogens is 2. The first kappa shape index (κ1) is 21.8. The van der Waals surface area contributed by atoms with Crippen LogP contribution in [0.25, 0.3) is 5.69 Å². The molecule has 0 aliphatic carbocycles. The standard InChI is InChI=1S/C24H21ClFN3O3/c1-14-12-20(15(2)29(14)19-10-8-18(26)9-11-19)21(30)13-28-22(31)24(3,27-23(28)32)16-4-6-17(25)7-5-16/h4-12H,13H2,1-3H3,(H,27,32). The van der Waals surface area contributed by atoms with Crippen molar-refractivity contribution in [3.63, 3.8) is 0 Å². The third-order valence-electron chi connectivity index (χ3n) is 5.81. The summed E-state index contributed by atoms with van der Waals surface area (Å²) in [5.41, 5.74) is 1.82. The van der Waals surface area contributed by atoms with Crippen LogP contribution >= 0.6 is 11.6 Å². The zero-order valence-electron chi connectivity index (χ0n) is 17.8. The Morgan fingerprint density at radius 2 is 1.69 bits per heavy atom. The molecule has 6 nitrogen and oxygen atoms in total. The van der Waals surface area contributed by atoms with Crippen LogP contribution in [0.4, 0.5) is 9.18 Å². The molecule has 0 saturated carbocycles. The Labute approximate surface area is 189 Å². The summed E-state index contributed by atoms with van der Waals surface area (Å²) < 4.78 is 15.1. The average Bonchev–Trinajstić information content (AvgIpc) is 3.17. The van der Waals surface area contributed by atoms with E-state index in [1.165, 1.54) is 12.1 Å². The molecular formula is C24H21ClFN3O3. The summed E-state index contributed by atoms with van der Waals surface area (Å²) in [5, 5.41) is 3.20. The number of Topliss-reactive ketones (excluding diaryl/α,β-unsaturated/α-hetero) is 1. The maximum atomic E-state index is 13.3. The number of nitrogens with one attached hydrogen (secondary N) is 1. The van der Waals surface area contributed by atoms with Gasteiger partial charge in [-0.15, -0.1) is 0 Å². The lowest BCUT2D eigenvalue weighted by Crippen LogP contribution is -2.41. The Morgan fingerprint density at radius 1 is 1.06 bits per heavy atom. The van der Waals surface area contributed by atoms with Crippen molar-refractivity contribution in [2.75, 3.05) is 6.54 Å². The van der Waals surface area contributed by atoms with Gasteiger partial charge in [-0.1, -0.05) is 23.7 Å². The second-order valence-electron chi connectivity index (χ2n) is 7.97. The van der Waals surface area contributed by atoms with Crippen LogP contribution < -0.4 is 5.32 Å². The van der Waals surface area contributed by atoms with Crippen molar-refractivity contribution in [3.8, 4) is 5.69 Å². The van der Waals surface area contributed by atoms with Gasteiger partial charge in [0.15, 0.2) is 5.78 Å². The van der Waals surface area contributed by atoms with Crippen LogP contribution in [0.3, 0.4) is 0 Å². The van der Waals surface area contributed by atoms with Crippen molar-refractivity contribution < 1.29 is 18.8 Å². The van der Waals surface area contributed by atoms with Gasteiger partial charge in [0.2, 0.25) is 0 Å². The molecule has 1 unspecified atom stereocenters. The van der Waals surface area contributed by atoms with E-state index in [0.717, 1.165) is 10.6 Å². The molecule has 2 heterocycles. The largest absolute Gasteiger partial charge is 0.325 e. The molecule has 0 radical (unpaired) electrons. The van der Waals surface area contributed by atoms with Crippen LogP contribution in [0.2, 0.25) is 5.02 Å². The number of carbonyl (C=O) groups is 3. The third-order valence-corrected chi connectivity index (χ3v) is 6.07. The van der Waals surface area contributed by atoms with E-state index in [0.29, 0.717) is 27.5 Å². The molecule has 1 aliphatic heterocycles. The van der Waals surface area contributed by atoms with Crippen molar-refractivity contribution in [3.05, 3.63) is 88.0 Å². The van der Waals surface area contributed by atoms with E-state index in [4.69, 9.17) is 11.6 Å². The summed E-state index contributed by atoms with van der Waals surface area (Å²) in [5.74, 6) is -1.23. The Hall–Kier alpha value is -3.45. The zero-order valence-corrected chi connectivity index (χ0v) is 18.5. The summed E-state index contributed by atoms with van der Waals surface area (Å²) in [6, 6.07) is 13.6. The maximum absolute atomic E-state index is 13.3. The van der Waals surface area contributed by atoms with Crippen molar-refractivity contribution in [2.24, 2.45) is 0 Å². The topological polar surface area (TPSA) is 71.4 Å². The fourth-order valence-corrected chi connectivity index (χ4v) is 4.21. The fraction of sp³-hybridized carbons (Fsp3) is 0.208. The number of imide groups is 1. The van der Waals surface area contributed by atoms with E-state index in [1.54, 1.807) is 56.3 Å². The number of hydrogen-bond donors (Lipinski definition) is 1. The molecule has 0 bridgehead atoms. The lowest BCUT2D eigenvalue weighted by Gasteiger charge is -2.22. The van der Waals surface area contributed by atoms with Crippen LogP contribution in [-0.2, 0) is 10.3 Å². The highest BCUT2D eigenvalue weighted by Crippen LogP contribution is 2.30. The molecule has 3 aromatic rings. The third kappa shape index (κ3) is 3.58. The maximum Gasteiger partial charge on any atom is 0.325 e. The van der Waals surface area contributed by atoms with Gasteiger partial charge in [-0.3, -0.25) is 14.5 Å². The highest BCUT2D eigenvalue weighted by atomic mass is 35.5. The van der Waals surface area contributed by atoms with Crippen molar-refractivity contribution >= 4 is 29.3 Å². The van der Waals surface area contributed by atoms with E-state index in [1.807, 2.05) is 11.5 Å². The van der Waals surface area contributed by atoms with Crippen molar-refractivity contribution in [1.82, 2.24) is 14.8 Å². The molecule has 1 fully saturated rings. The normalized spacial score (nSPS) is 18.2. The van der Waals surface area contributed by atoms with E-state index >= 15 is 0 Å². The van der Waals surface area contributed by atoms with Gasteiger partial charge in [-0.25, -0.2) is 9.18 Å². The van der Waals surface area contributed by atoms with Gasteiger partial charge < -0.3 is 9.88 Å². The lowest BCUT2D eigenvalue weighted by molar-refractivity contribution is -0.130. The number of amides is 3. The van der Waals surface area contributed by atoms with E-state index in [-0.39, 0.29) is 18.1 Å². The van der Waals surface area contributed by atoms with Gasteiger partial charge in [0.1, 0.15) is 11.4 Å². The number of nitrogens with zero attached hydrogens (tertiary/aromatic N) is 2. The molecule has 1 atom stereocenters. The van der Waals surface area contributed by atoms with Gasteiger partial charge in [0.05, 0.1) is 6.54 Å². The number of benzene rings is 2. The molecule has 1 N–H and O–H groups in total. The quantitative estimate of drug-likeness (QED) is 0.455. The number of rotatable bonds is 5. The molecule has 1 saturated heterocycles. The van der Waals surface area contributed by atoms with Crippen LogP contribution in [0.15, 0.2) is 54.6 Å². The Morgan fingerprint density at radius 3 is 2.31 bits per heavy atom. The fourth-order valence-electron chi connectivity index (χ4n) is 4.08. The van der Waals surface area contributed by atoms with Crippen molar-refractivity contribution in [1.29, 1.82) is 0 Å². The minimum absolute atomic E-state index is 0.352. The first-order valence-corrected chi connectivity index (χ1v) is 10.4. The van der Waals surface area contributed by atoms with Crippen LogP contribution in [0, 0.1) is 19.7 Å². The first-order chi connectivity index (χ1) is 15.1. The number of hydrogen-bond acceptors (Lipinski definition) is 3. The predicted molar refractivity (Wildman–Crippen MR) is 119 cm³/mol.